The minimum Gasteiger partial charge on any atom is -0.491 e. The SMILES string of the molecule is CC(CNC(C)C)COc1cccc2cccnc12. The molecular formula is C16H22N2O. The zero-order valence-electron chi connectivity index (χ0n) is 11.9. The molecule has 0 saturated heterocycles. The summed E-state index contributed by atoms with van der Waals surface area (Å²) in [7, 11) is 0. The zero-order valence-corrected chi connectivity index (χ0v) is 11.9. The largest absolute Gasteiger partial charge is 0.491 e. The first-order valence-corrected chi connectivity index (χ1v) is 6.86. The third-order valence-electron chi connectivity index (χ3n) is 2.99. The molecule has 1 atom stereocenters. The second-order valence-electron chi connectivity index (χ2n) is 5.31. The van der Waals surface area contributed by atoms with E-state index in [4.69, 9.17) is 4.74 Å². The highest BCUT2D eigenvalue weighted by Gasteiger charge is 2.07. The van der Waals surface area contributed by atoms with Gasteiger partial charge in [0, 0.05) is 30.1 Å². The highest BCUT2D eigenvalue weighted by molar-refractivity contribution is 5.84. The van der Waals surface area contributed by atoms with E-state index in [1.807, 2.05) is 18.2 Å². The summed E-state index contributed by atoms with van der Waals surface area (Å²) < 4.78 is 5.91. The second kappa shape index (κ2) is 6.53. The fraction of sp³-hybridized carbons (Fsp3) is 0.438. The minimum absolute atomic E-state index is 0.473. The molecule has 102 valence electrons. The lowest BCUT2D eigenvalue weighted by Crippen LogP contribution is -2.30. The standard InChI is InChI=1S/C16H22N2O/c1-12(2)18-10-13(3)11-19-15-8-4-6-14-7-5-9-17-16(14)15/h4-9,12-13,18H,10-11H2,1-3H3. The van der Waals surface area contributed by atoms with Crippen LogP contribution in [0, 0.1) is 5.92 Å². The quantitative estimate of drug-likeness (QED) is 0.863. The summed E-state index contributed by atoms with van der Waals surface area (Å²) in [5, 5.41) is 4.54. The summed E-state index contributed by atoms with van der Waals surface area (Å²) in [6, 6.07) is 10.6. The van der Waals surface area contributed by atoms with Gasteiger partial charge in [0.05, 0.1) is 6.61 Å². The lowest BCUT2D eigenvalue weighted by atomic mass is 10.2. The summed E-state index contributed by atoms with van der Waals surface area (Å²) in [5.74, 6) is 1.34. The van der Waals surface area contributed by atoms with E-state index in [2.05, 4.69) is 43.2 Å². The van der Waals surface area contributed by atoms with Gasteiger partial charge in [-0.2, -0.15) is 0 Å². The highest BCUT2D eigenvalue weighted by atomic mass is 16.5. The minimum atomic E-state index is 0.473. The Morgan fingerprint density at radius 2 is 1.95 bits per heavy atom. The van der Waals surface area contributed by atoms with Crippen molar-refractivity contribution in [2.45, 2.75) is 26.8 Å². The van der Waals surface area contributed by atoms with Crippen molar-refractivity contribution in [2.75, 3.05) is 13.2 Å². The Bertz CT molecular complexity index is 520. The van der Waals surface area contributed by atoms with E-state index >= 15 is 0 Å². The molecule has 3 nitrogen and oxygen atoms in total. The molecule has 0 aliphatic heterocycles. The van der Waals surface area contributed by atoms with Crippen LogP contribution in [0.1, 0.15) is 20.8 Å². The molecule has 19 heavy (non-hydrogen) atoms. The number of para-hydroxylation sites is 1. The Morgan fingerprint density at radius 1 is 1.16 bits per heavy atom. The number of pyridine rings is 1. The molecule has 2 rings (SSSR count). The van der Waals surface area contributed by atoms with Gasteiger partial charge in [0.25, 0.3) is 0 Å². The Morgan fingerprint density at radius 3 is 2.74 bits per heavy atom. The van der Waals surface area contributed by atoms with Crippen LogP contribution < -0.4 is 10.1 Å². The van der Waals surface area contributed by atoms with Gasteiger partial charge in [0.1, 0.15) is 11.3 Å². The number of aromatic nitrogens is 1. The maximum atomic E-state index is 5.91. The van der Waals surface area contributed by atoms with Crippen molar-refractivity contribution in [1.29, 1.82) is 0 Å². The summed E-state index contributed by atoms with van der Waals surface area (Å²) in [6.45, 7) is 8.17. The highest BCUT2D eigenvalue weighted by Crippen LogP contribution is 2.23. The van der Waals surface area contributed by atoms with Gasteiger partial charge in [-0.1, -0.05) is 39.0 Å². The molecule has 0 fully saturated rings. The average molecular weight is 258 g/mol. The summed E-state index contributed by atoms with van der Waals surface area (Å²) in [6.07, 6.45) is 1.80. The van der Waals surface area contributed by atoms with Gasteiger partial charge in [-0.3, -0.25) is 4.98 Å². The van der Waals surface area contributed by atoms with Gasteiger partial charge in [0.2, 0.25) is 0 Å². The van der Waals surface area contributed by atoms with E-state index in [-0.39, 0.29) is 0 Å². The molecule has 1 heterocycles. The number of hydrogen-bond acceptors (Lipinski definition) is 3. The Hall–Kier alpha value is -1.61. The van der Waals surface area contributed by atoms with Crippen LogP contribution in [0.3, 0.4) is 0 Å². The number of rotatable bonds is 6. The van der Waals surface area contributed by atoms with E-state index in [1.165, 1.54) is 0 Å². The number of nitrogens with zero attached hydrogens (tertiary/aromatic N) is 1. The van der Waals surface area contributed by atoms with Gasteiger partial charge in [-0.25, -0.2) is 0 Å². The number of fused-ring (bicyclic) bond motifs is 1. The molecule has 3 heteroatoms. The first-order chi connectivity index (χ1) is 9.16. The monoisotopic (exact) mass is 258 g/mol. The van der Waals surface area contributed by atoms with Crippen molar-refractivity contribution in [3.63, 3.8) is 0 Å². The molecule has 1 N–H and O–H groups in total. The van der Waals surface area contributed by atoms with Crippen LogP contribution in [-0.2, 0) is 0 Å². The summed E-state index contributed by atoms with van der Waals surface area (Å²) in [5.41, 5.74) is 0.939. The van der Waals surface area contributed by atoms with Crippen LogP contribution in [0.4, 0.5) is 0 Å². The predicted octanol–water partition coefficient (Wildman–Crippen LogP) is 3.25. The van der Waals surface area contributed by atoms with Crippen molar-refractivity contribution in [3.05, 3.63) is 36.5 Å². The molecular weight excluding hydrogens is 236 g/mol. The maximum absolute atomic E-state index is 5.91. The van der Waals surface area contributed by atoms with Gasteiger partial charge >= 0.3 is 0 Å². The fourth-order valence-corrected chi connectivity index (χ4v) is 1.92. The average Bonchev–Trinajstić information content (AvgIpc) is 2.42. The zero-order chi connectivity index (χ0) is 13.7. The Labute approximate surface area is 115 Å². The van der Waals surface area contributed by atoms with E-state index in [1.54, 1.807) is 6.20 Å². The number of benzene rings is 1. The van der Waals surface area contributed by atoms with Crippen molar-refractivity contribution < 1.29 is 4.74 Å². The normalized spacial score (nSPS) is 12.8. The predicted molar refractivity (Wildman–Crippen MR) is 79.5 cm³/mol. The third-order valence-corrected chi connectivity index (χ3v) is 2.99. The first kappa shape index (κ1) is 13.8. The van der Waals surface area contributed by atoms with Gasteiger partial charge < -0.3 is 10.1 Å². The maximum Gasteiger partial charge on any atom is 0.145 e. The molecule has 0 saturated carbocycles. The van der Waals surface area contributed by atoms with Crippen molar-refractivity contribution in [1.82, 2.24) is 10.3 Å². The topological polar surface area (TPSA) is 34.1 Å². The summed E-state index contributed by atoms with van der Waals surface area (Å²) >= 11 is 0. The Kier molecular flexibility index (Phi) is 4.74. The molecule has 1 aromatic carbocycles. The fourth-order valence-electron chi connectivity index (χ4n) is 1.92. The van der Waals surface area contributed by atoms with Crippen LogP contribution in [0.5, 0.6) is 5.75 Å². The second-order valence-corrected chi connectivity index (χ2v) is 5.31. The van der Waals surface area contributed by atoms with Crippen molar-refractivity contribution >= 4 is 10.9 Å². The molecule has 1 aromatic heterocycles. The van der Waals surface area contributed by atoms with Crippen LogP contribution in [0.25, 0.3) is 10.9 Å². The number of nitrogens with one attached hydrogen (secondary N) is 1. The van der Waals surface area contributed by atoms with Crippen LogP contribution >= 0.6 is 0 Å². The molecule has 0 amide bonds. The lowest BCUT2D eigenvalue weighted by molar-refractivity contribution is 0.255. The van der Waals surface area contributed by atoms with Gasteiger partial charge in [0.15, 0.2) is 0 Å². The van der Waals surface area contributed by atoms with E-state index in [0.717, 1.165) is 23.2 Å². The van der Waals surface area contributed by atoms with E-state index < -0.39 is 0 Å². The molecule has 0 bridgehead atoms. The first-order valence-electron chi connectivity index (χ1n) is 6.86. The number of ether oxygens (including phenoxy) is 1. The van der Waals surface area contributed by atoms with Crippen molar-refractivity contribution in [2.24, 2.45) is 5.92 Å². The summed E-state index contributed by atoms with van der Waals surface area (Å²) in [4.78, 5) is 4.39. The van der Waals surface area contributed by atoms with Crippen LogP contribution in [0.2, 0.25) is 0 Å². The third kappa shape index (κ3) is 3.93. The van der Waals surface area contributed by atoms with E-state index in [9.17, 15) is 0 Å². The van der Waals surface area contributed by atoms with Crippen molar-refractivity contribution in [3.8, 4) is 5.75 Å². The molecule has 1 unspecified atom stereocenters. The molecule has 0 aliphatic rings. The van der Waals surface area contributed by atoms with Crippen LogP contribution in [-0.4, -0.2) is 24.2 Å². The molecule has 0 radical (unpaired) electrons. The molecule has 0 aliphatic carbocycles. The van der Waals surface area contributed by atoms with Crippen LogP contribution in [0.15, 0.2) is 36.5 Å². The molecule has 2 aromatic rings. The molecule has 0 spiro atoms. The smallest absolute Gasteiger partial charge is 0.145 e. The van der Waals surface area contributed by atoms with Gasteiger partial charge in [-0.15, -0.1) is 0 Å². The van der Waals surface area contributed by atoms with E-state index in [0.29, 0.717) is 18.6 Å². The lowest BCUT2D eigenvalue weighted by Gasteiger charge is -2.16. The van der Waals surface area contributed by atoms with Gasteiger partial charge in [-0.05, 0) is 12.1 Å². The Balaban J connectivity index is 1.98. The number of hydrogen-bond donors (Lipinski definition) is 1.